The zero-order valence-corrected chi connectivity index (χ0v) is 9.92. The minimum atomic E-state index is -0.0267. The summed E-state index contributed by atoms with van der Waals surface area (Å²) in [6, 6.07) is 9.70. The largest absolute Gasteiger partial charge is 0.294 e. The molecule has 0 fully saturated rings. The van der Waals surface area contributed by atoms with Crippen LogP contribution in [-0.2, 0) is 0 Å². The first-order chi connectivity index (χ1) is 8.18. The number of benzene rings is 1. The van der Waals surface area contributed by atoms with E-state index in [0.717, 1.165) is 5.56 Å². The third kappa shape index (κ3) is 2.56. The maximum absolute atomic E-state index is 11.7. The molecule has 3 nitrogen and oxygen atoms in total. The molecular weight excluding hydrogens is 212 g/mol. The van der Waals surface area contributed by atoms with Crippen LogP contribution in [0, 0.1) is 5.92 Å². The molecule has 0 amide bonds. The SMILES string of the molecule is CC(C)C(=O)c1cnc(-c2ccccc2)nc1. The summed E-state index contributed by atoms with van der Waals surface area (Å²) in [6.07, 6.45) is 3.19. The average Bonchev–Trinajstić information content (AvgIpc) is 2.39. The van der Waals surface area contributed by atoms with Crippen LogP contribution < -0.4 is 0 Å². The van der Waals surface area contributed by atoms with E-state index in [4.69, 9.17) is 0 Å². The molecule has 0 spiro atoms. The van der Waals surface area contributed by atoms with Crippen molar-refractivity contribution in [1.82, 2.24) is 9.97 Å². The van der Waals surface area contributed by atoms with Crippen LogP contribution >= 0.6 is 0 Å². The summed E-state index contributed by atoms with van der Waals surface area (Å²) in [5, 5.41) is 0. The third-order valence-electron chi connectivity index (χ3n) is 2.49. The van der Waals surface area contributed by atoms with Crippen molar-refractivity contribution >= 4 is 5.78 Å². The second-order valence-electron chi connectivity index (χ2n) is 4.18. The van der Waals surface area contributed by atoms with Gasteiger partial charge >= 0.3 is 0 Å². The van der Waals surface area contributed by atoms with Crippen LogP contribution in [0.25, 0.3) is 11.4 Å². The highest BCUT2D eigenvalue weighted by molar-refractivity contribution is 5.96. The molecular formula is C14H14N2O. The summed E-state index contributed by atoms with van der Waals surface area (Å²) in [5.41, 5.74) is 1.52. The van der Waals surface area contributed by atoms with Gasteiger partial charge in [-0.05, 0) is 0 Å². The number of nitrogens with zero attached hydrogens (tertiary/aromatic N) is 2. The van der Waals surface area contributed by atoms with Gasteiger partial charge in [0, 0.05) is 23.9 Å². The first-order valence-corrected chi connectivity index (χ1v) is 5.60. The highest BCUT2D eigenvalue weighted by atomic mass is 16.1. The Kier molecular flexibility index (Phi) is 3.28. The fourth-order valence-electron chi connectivity index (χ4n) is 1.52. The molecule has 0 saturated carbocycles. The highest BCUT2D eigenvalue weighted by Crippen LogP contribution is 2.14. The molecule has 17 heavy (non-hydrogen) atoms. The molecule has 2 rings (SSSR count). The molecule has 86 valence electrons. The molecule has 2 aromatic rings. The number of ketones is 1. The molecule has 0 unspecified atom stereocenters. The van der Waals surface area contributed by atoms with Crippen molar-refractivity contribution in [1.29, 1.82) is 0 Å². The fourth-order valence-corrected chi connectivity index (χ4v) is 1.52. The summed E-state index contributed by atoms with van der Waals surface area (Å²) in [5.74, 6) is 0.691. The second-order valence-corrected chi connectivity index (χ2v) is 4.18. The standard InChI is InChI=1S/C14H14N2O/c1-10(2)13(17)12-8-15-14(16-9-12)11-6-4-3-5-7-11/h3-10H,1-2H3. The molecule has 0 aliphatic carbocycles. The van der Waals surface area contributed by atoms with Crippen LogP contribution in [0.5, 0.6) is 0 Å². The van der Waals surface area contributed by atoms with E-state index in [9.17, 15) is 4.79 Å². The van der Waals surface area contributed by atoms with Crippen molar-refractivity contribution in [2.75, 3.05) is 0 Å². The fraction of sp³-hybridized carbons (Fsp3) is 0.214. The second kappa shape index (κ2) is 4.87. The van der Waals surface area contributed by atoms with Crippen molar-refractivity contribution in [3.8, 4) is 11.4 Å². The predicted molar refractivity (Wildman–Crippen MR) is 66.6 cm³/mol. The van der Waals surface area contributed by atoms with Crippen LogP contribution in [0.2, 0.25) is 0 Å². The predicted octanol–water partition coefficient (Wildman–Crippen LogP) is 2.98. The number of carbonyl (C=O) groups excluding carboxylic acids is 1. The van der Waals surface area contributed by atoms with Crippen molar-refractivity contribution in [2.45, 2.75) is 13.8 Å². The van der Waals surface area contributed by atoms with Crippen LogP contribution in [0.3, 0.4) is 0 Å². The van der Waals surface area contributed by atoms with Crippen LogP contribution in [0.1, 0.15) is 24.2 Å². The van der Waals surface area contributed by atoms with E-state index in [-0.39, 0.29) is 11.7 Å². The molecule has 1 heterocycles. The summed E-state index contributed by atoms with van der Waals surface area (Å²) in [7, 11) is 0. The van der Waals surface area contributed by atoms with Crippen molar-refractivity contribution < 1.29 is 4.79 Å². The van der Waals surface area contributed by atoms with Gasteiger partial charge < -0.3 is 0 Å². The Morgan fingerprint density at radius 1 is 1.06 bits per heavy atom. The molecule has 0 aliphatic heterocycles. The van der Waals surface area contributed by atoms with Gasteiger partial charge in [0.1, 0.15) is 0 Å². The van der Waals surface area contributed by atoms with E-state index >= 15 is 0 Å². The molecule has 0 aliphatic rings. The minimum absolute atomic E-state index is 0.0267. The van der Waals surface area contributed by atoms with Crippen LogP contribution in [-0.4, -0.2) is 15.8 Å². The first kappa shape index (κ1) is 11.5. The van der Waals surface area contributed by atoms with Gasteiger partial charge in [-0.15, -0.1) is 0 Å². The normalized spacial score (nSPS) is 10.5. The van der Waals surface area contributed by atoms with E-state index in [1.165, 1.54) is 0 Å². The Morgan fingerprint density at radius 3 is 2.18 bits per heavy atom. The highest BCUT2D eigenvalue weighted by Gasteiger charge is 2.11. The smallest absolute Gasteiger partial charge is 0.168 e. The van der Waals surface area contributed by atoms with E-state index in [0.29, 0.717) is 11.4 Å². The number of hydrogen-bond donors (Lipinski definition) is 0. The quantitative estimate of drug-likeness (QED) is 0.755. The van der Waals surface area contributed by atoms with E-state index in [1.54, 1.807) is 12.4 Å². The van der Waals surface area contributed by atoms with E-state index in [2.05, 4.69) is 9.97 Å². The molecule has 0 radical (unpaired) electrons. The van der Waals surface area contributed by atoms with E-state index in [1.807, 2.05) is 44.2 Å². The summed E-state index contributed by atoms with van der Waals surface area (Å²) >= 11 is 0. The zero-order valence-electron chi connectivity index (χ0n) is 9.92. The van der Waals surface area contributed by atoms with Gasteiger partial charge in [0.2, 0.25) is 0 Å². The van der Waals surface area contributed by atoms with Gasteiger partial charge in [0.25, 0.3) is 0 Å². The van der Waals surface area contributed by atoms with Gasteiger partial charge in [0.05, 0.1) is 5.56 Å². The first-order valence-electron chi connectivity index (χ1n) is 5.60. The summed E-state index contributed by atoms with van der Waals surface area (Å²) in [4.78, 5) is 20.2. The summed E-state index contributed by atoms with van der Waals surface area (Å²) in [6.45, 7) is 3.74. The topological polar surface area (TPSA) is 42.9 Å². The Hall–Kier alpha value is -2.03. The molecule has 3 heteroatoms. The van der Waals surface area contributed by atoms with Crippen LogP contribution in [0.4, 0.5) is 0 Å². The maximum atomic E-state index is 11.7. The Morgan fingerprint density at radius 2 is 1.65 bits per heavy atom. The minimum Gasteiger partial charge on any atom is -0.294 e. The number of Topliss-reactive ketones (excluding diaryl/α,β-unsaturated/α-hetero) is 1. The monoisotopic (exact) mass is 226 g/mol. The van der Waals surface area contributed by atoms with Gasteiger partial charge in [0.15, 0.2) is 11.6 Å². The molecule has 0 N–H and O–H groups in total. The van der Waals surface area contributed by atoms with Gasteiger partial charge in [-0.3, -0.25) is 4.79 Å². The van der Waals surface area contributed by atoms with Crippen molar-refractivity contribution in [3.05, 3.63) is 48.3 Å². The Balaban J connectivity index is 2.28. The maximum Gasteiger partial charge on any atom is 0.168 e. The molecule has 0 bridgehead atoms. The van der Waals surface area contributed by atoms with Crippen molar-refractivity contribution in [2.24, 2.45) is 5.92 Å². The number of carbonyl (C=O) groups is 1. The third-order valence-corrected chi connectivity index (χ3v) is 2.49. The Bertz CT molecular complexity index is 504. The number of aromatic nitrogens is 2. The number of rotatable bonds is 3. The van der Waals surface area contributed by atoms with E-state index < -0.39 is 0 Å². The lowest BCUT2D eigenvalue weighted by atomic mass is 10.0. The molecule has 0 saturated heterocycles. The number of hydrogen-bond acceptors (Lipinski definition) is 3. The summed E-state index contributed by atoms with van der Waals surface area (Å²) < 4.78 is 0. The molecule has 1 aromatic heterocycles. The lowest BCUT2D eigenvalue weighted by Crippen LogP contribution is -2.08. The Labute approximate surface area is 101 Å². The molecule has 1 aromatic carbocycles. The average molecular weight is 226 g/mol. The van der Waals surface area contributed by atoms with Gasteiger partial charge in [-0.2, -0.15) is 0 Å². The zero-order chi connectivity index (χ0) is 12.3. The lowest BCUT2D eigenvalue weighted by molar-refractivity contribution is 0.0938. The van der Waals surface area contributed by atoms with Crippen LogP contribution in [0.15, 0.2) is 42.7 Å². The van der Waals surface area contributed by atoms with Crippen molar-refractivity contribution in [3.63, 3.8) is 0 Å². The van der Waals surface area contributed by atoms with Gasteiger partial charge in [-0.1, -0.05) is 44.2 Å². The van der Waals surface area contributed by atoms with Gasteiger partial charge in [-0.25, -0.2) is 9.97 Å². The molecule has 0 atom stereocenters. The lowest BCUT2D eigenvalue weighted by Gasteiger charge is -2.04.